The van der Waals surface area contributed by atoms with Gasteiger partial charge in [0.2, 0.25) is 0 Å². The first-order chi connectivity index (χ1) is 9.68. The molecule has 0 saturated carbocycles. The van der Waals surface area contributed by atoms with Crippen molar-refractivity contribution in [3.63, 3.8) is 0 Å². The maximum atomic E-state index is 10.9. The molecule has 2 unspecified atom stereocenters. The van der Waals surface area contributed by atoms with E-state index < -0.39 is 5.60 Å². The van der Waals surface area contributed by atoms with Crippen molar-refractivity contribution in [1.29, 1.82) is 0 Å². The van der Waals surface area contributed by atoms with E-state index in [0.717, 1.165) is 30.6 Å². The summed E-state index contributed by atoms with van der Waals surface area (Å²) in [5, 5.41) is 10.9. The molecular formula is C16H25NO3. The molecule has 1 fully saturated rings. The quantitative estimate of drug-likeness (QED) is 0.869. The smallest absolute Gasteiger partial charge is 0.137 e. The second kappa shape index (κ2) is 7.04. The van der Waals surface area contributed by atoms with Crippen molar-refractivity contribution in [3.8, 4) is 5.75 Å². The average Bonchev–Trinajstić information content (AvgIpc) is 2.46. The molecule has 2 rings (SSSR count). The van der Waals surface area contributed by atoms with Crippen LogP contribution in [0, 0.1) is 0 Å². The lowest BCUT2D eigenvalue weighted by molar-refractivity contribution is -0.110. The average molecular weight is 279 g/mol. The zero-order valence-corrected chi connectivity index (χ0v) is 12.5. The third-order valence-corrected chi connectivity index (χ3v) is 3.77. The fourth-order valence-electron chi connectivity index (χ4n) is 2.67. The number of aromatic nitrogens is 1. The minimum absolute atomic E-state index is 0.138. The van der Waals surface area contributed by atoms with E-state index in [2.05, 4.69) is 18.8 Å². The molecule has 4 nitrogen and oxygen atoms in total. The van der Waals surface area contributed by atoms with E-state index in [0.29, 0.717) is 26.1 Å². The van der Waals surface area contributed by atoms with Gasteiger partial charge in [-0.05, 0) is 18.9 Å². The Morgan fingerprint density at radius 3 is 3.00 bits per heavy atom. The molecule has 1 aromatic heterocycles. The van der Waals surface area contributed by atoms with Gasteiger partial charge in [-0.2, -0.15) is 0 Å². The van der Waals surface area contributed by atoms with E-state index in [4.69, 9.17) is 9.47 Å². The molecule has 1 aliphatic rings. The van der Waals surface area contributed by atoms with Gasteiger partial charge in [-0.3, -0.25) is 4.98 Å². The van der Waals surface area contributed by atoms with E-state index >= 15 is 0 Å². The second-order valence-corrected chi connectivity index (χ2v) is 5.52. The third kappa shape index (κ3) is 3.70. The van der Waals surface area contributed by atoms with E-state index in [-0.39, 0.29) is 6.10 Å². The fourth-order valence-corrected chi connectivity index (χ4v) is 2.67. The van der Waals surface area contributed by atoms with E-state index in [9.17, 15) is 5.11 Å². The number of aliphatic hydroxyl groups is 1. The lowest BCUT2D eigenvalue weighted by Gasteiger charge is -2.37. The predicted octanol–water partition coefficient (Wildman–Crippen LogP) is 3.04. The largest absolute Gasteiger partial charge is 0.492 e. The van der Waals surface area contributed by atoms with Gasteiger partial charge in [-0.25, -0.2) is 0 Å². The van der Waals surface area contributed by atoms with Crippen molar-refractivity contribution >= 4 is 0 Å². The van der Waals surface area contributed by atoms with E-state index in [1.807, 2.05) is 6.07 Å². The molecular weight excluding hydrogens is 254 g/mol. The standard InChI is InChI=1S/C16H25NO3/c1-3-5-14-10-16(18,6-8-20-14)13-9-15(12-17-11-13)19-7-4-2/h9,11-12,14,18H,3-8,10H2,1-2H3. The molecule has 1 saturated heterocycles. The number of hydrogen-bond acceptors (Lipinski definition) is 4. The lowest BCUT2D eigenvalue weighted by Crippen LogP contribution is -2.38. The van der Waals surface area contributed by atoms with Gasteiger partial charge in [0, 0.05) is 24.6 Å². The summed E-state index contributed by atoms with van der Waals surface area (Å²) in [4.78, 5) is 4.20. The topological polar surface area (TPSA) is 51.6 Å². The number of nitrogens with zero attached hydrogens (tertiary/aromatic N) is 1. The molecule has 1 aliphatic heterocycles. The highest BCUT2D eigenvalue weighted by Crippen LogP contribution is 2.36. The zero-order chi connectivity index (χ0) is 14.4. The van der Waals surface area contributed by atoms with Crippen LogP contribution < -0.4 is 4.74 Å². The van der Waals surface area contributed by atoms with Crippen LogP contribution in [0.15, 0.2) is 18.5 Å². The van der Waals surface area contributed by atoms with Crippen molar-refractivity contribution in [2.45, 2.75) is 57.7 Å². The van der Waals surface area contributed by atoms with Crippen molar-refractivity contribution in [2.75, 3.05) is 13.2 Å². The Morgan fingerprint density at radius 1 is 1.40 bits per heavy atom. The van der Waals surface area contributed by atoms with Crippen molar-refractivity contribution in [1.82, 2.24) is 4.98 Å². The van der Waals surface area contributed by atoms with Crippen LogP contribution in [0.4, 0.5) is 0 Å². The van der Waals surface area contributed by atoms with Gasteiger partial charge in [0.1, 0.15) is 5.75 Å². The van der Waals surface area contributed by atoms with Crippen molar-refractivity contribution in [3.05, 3.63) is 24.0 Å². The van der Waals surface area contributed by atoms with Gasteiger partial charge in [-0.15, -0.1) is 0 Å². The highest BCUT2D eigenvalue weighted by molar-refractivity contribution is 5.28. The van der Waals surface area contributed by atoms with Crippen LogP contribution in [0.25, 0.3) is 0 Å². The SMILES string of the molecule is CCCOc1cncc(C2(O)CCOC(CCC)C2)c1. The van der Waals surface area contributed by atoms with Crippen molar-refractivity contribution in [2.24, 2.45) is 0 Å². The van der Waals surface area contributed by atoms with Crippen LogP contribution in [-0.2, 0) is 10.3 Å². The molecule has 1 aromatic rings. The first-order valence-corrected chi connectivity index (χ1v) is 7.60. The van der Waals surface area contributed by atoms with E-state index in [1.54, 1.807) is 12.4 Å². The number of pyridine rings is 1. The summed E-state index contributed by atoms with van der Waals surface area (Å²) in [6.45, 7) is 5.47. The molecule has 0 amide bonds. The number of hydrogen-bond donors (Lipinski definition) is 1. The van der Waals surface area contributed by atoms with E-state index in [1.165, 1.54) is 0 Å². The van der Waals surface area contributed by atoms with Gasteiger partial charge in [0.05, 0.1) is 31.1 Å². The monoisotopic (exact) mass is 279 g/mol. The number of ether oxygens (including phenoxy) is 2. The van der Waals surface area contributed by atoms with Crippen LogP contribution >= 0.6 is 0 Å². The van der Waals surface area contributed by atoms with Crippen LogP contribution in [0.3, 0.4) is 0 Å². The third-order valence-electron chi connectivity index (χ3n) is 3.77. The molecule has 4 heteroatoms. The molecule has 0 bridgehead atoms. The minimum Gasteiger partial charge on any atom is -0.492 e. The molecule has 2 atom stereocenters. The van der Waals surface area contributed by atoms with Crippen LogP contribution in [0.2, 0.25) is 0 Å². The Kier molecular flexibility index (Phi) is 5.38. The van der Waals surface area contributed by atoms with Gasteiger partial charge in [0.15, 0.2) is 0 Å². The summed E-state index contributed by atoms with van der Waals surface area (Å²) in [5.41, 5.74) is 0.00643. The van der Waals surface area contributed by atoms with Gasteiger partial charge in [0.25, 0.3) is 0 Å². The molecule has 0 spiro atoms. The summed E-state index contributed by atoms with van der Waals surface area (Å²) in [6.07, 6.45) is 7.85. The normalized spacial score (nSPS) is 26.4. The van der Waals surface area contributed by atoms with Crippen LogP contribution in [-0.4, -0.2) is 29.4 Å². The Balaban J connectivity index is 2.11. The summed E-state index contributed by atoms with van der Waals surface area (Å²) in [7, 11) is 0. The highest BCUT2D eigenvalue weighted by atomic mass is 16.5. The van der Waals surface area contributed by atoms with Gasteiger partial charge < -0.3 is 14.6 Å². The minimum atomic E-state index is -0.837. The second-order valence-electron chi connectivity index (χ2n) is 5.52. The molecule has 0 aliphatic carbocycles. The molecule has 112 valence electrons. The summed E-state index contributed by atoms with van der Waals surface area (Å²) in [5.74, 6) is 0.733. The first kappa shape index (κ1) is 15.3. The maximum Gasteiger partial charge on any atom is 0.137 e. The Hall–Kier alpha value is -1.13. The Labute approximate surface area is 121 Å². The molecule has 0 aromatic carbocycles. The molecule has 20 heavy (non-hydrogen) atoms. The van der Waals surface area contributed by atoms with Crippen molar-refractivity contribution < 1.29 is 14.6 Å². The maximum absolute atomic E-state index is 10.9. The zero-order valence-electron chi connectivity index (χ0n) is 12.5. The van der Waals surface area contributed by atoms with Gasteiger partial charge in [-0.1, -0.05) is 20.3 Å². The summed E-state index contributed by atoms with van der Waals surface area (Å²) in [6, 6.07) is 1.91. The summed E-state index contributed by atoms with van der Waals surface area (Å²) >= 11 is 0. The Morgan fingerprint density at radius 2 is 2.25 bits per heavy atom. The molecule has 1 N–H and O–H groups in total. The molecule has 2 heterocycles. The summed E-state index contributed by atoms with van der Waals surface area (Å²) < 4.78 is 11.3. The van der Waals surface area contributed by atoms with Gasteiger partial charge >= 0.3 is 0 Å². The lowest BCUT2D eigenvalue weighted by atomic mass is 9.83. The van der Waals surface area contributed by atoms with Crippen LogP contribution in [0.1, 0.15) is 51.5 Å². The predicted molar refractivity (Wildman–Crippen MR) is 77.8 cm³/mol. The number of rotatable bonds is 6. The fraction of sp³-hybridized carbons (Fsp3) is 0.688. The van der Waals surface area contributed by atoms with Crippen LogP contribution in [0.5, 0.6) is 5.75 Å². The Bertz CT molecular complexity index is 422. The first-order valence-electron chi connectivity index (χ1n) is 7.60. The highest BCUT2D eigenvalue weighted by Gasteiger charge is 2.36. The molecule has 0 radical (unpaired) electrons.